The van der Waals surface area contributed by atoms with Crippen LogP contribution in [0.5, 0.6) is 11.5 Å². The van der Waals surface area contributed by atoms with Gasteiger partial charge in [0.1, 0.15) is 18.1 Å². The number of hydrogen-bond acceptors (Lipinski definition) is 9. The molecular formula is C26H32N4O5S. The molecule has 0 spiro atoms. The third kappa shape index (κ3) is 5.15. The maximum atomic E-state index is 13.3. The molecule has 1 aromatic carbocycles. The van der Waals surface area contributed by atoms with Gasteiger partial charge in [0.25, 0.3) is 0 Å². The van der Waals surface area contributed by atoms with Crippen molar-refractivity contribution in [3.05, 3.63) is 58.8 Å². The minimum atomic E-state index is -0.586. The van der Waals surface area contributed by atoms with E-state index in [4.69, 9.17) is 19.2 Å². The molecule has 1 fully saturated rings. The van der Waals surface area contributed by atoms with Gasteiger partial charge in [-0.05, 0) is 31.5 Å². The number of carbonyl (C=O) groups excluding carboxylic acids is 2. The van der Waals surface area contributed by atoms with Crippen LogP contribution in [0.15, 0.2) is 58.2 Å². The minimum Gasteiger partial charge on any atom is -0.497 e. The van der Waals surface area contributed by atoms with Crippen molar-refractivity contribution in [2.75, 3.05) is 54.1 Å². The Balaban J connectivity index is 1.72. The van der Waals surface area contributed by atoms with Gasteiger partial charge in [0.15, 0.2) is 5.17 Å². The van der Waals surface area contributed by atoms with Crippen LogP contribution in [0.25, 0.3) is 0 Å². The third-order valence-electron chi connectivity index (χ3n) is 6.48. The first-order valence-corrected chi connectivity index (χ1v) is 12.7. The van der Waals surface area contributed by atoms with Gasteiger partial charge in [0, 0.05) is 43.5 Å². The Labute approximate surface area is 216 Å². The topological polar surface area (TPSA) is 83.9 Å². The van der Waals surface area contributed by atoms with Crippen LogP contribution >= 0.6 is 11.8 Å². The Kier molecular flexibility index (Phi) is 8.05. The fourth-order valence-electron chi connectivity index (χ4n) is 4.50. The Bertz CT molecular complexity index is 1140. The highest BCUT2D eigenvalue weighted by molar-refractivity contribution is 8.16. The summed E-state index contributed by atoms with van der Waals surface area (Å²) in [5, 5.41) is 2.65. The van der Waals surface area contributed by atoms with E-state index in [1.165, 1.54) is 17.8 Å². The molecule has 1 saturated heterocycles. The van der Waals surface area contributed by atoms with E-state index >= 15 is 0 Å². The fourth-order valence-corrected chi connectivity index (χ4v) is 5.47. The van der Waals surface area contributed by atoms with Gasteiger partial charge in [-0.25, -0.2) is 9.79 Å². The molecule has 1 aromatic rings. The van der Waals surface area contributed by atoms with Gasteiger partial charge in [-0.1, -0.05) is 24.4 Å². The number of ether oxygens (including phenoxy) is 3. The number of aliphatic imine (C=N–C) groups is 1. The van der Waals surface area contributed by atoms with Gasteiger partial charge >= 0.3 is 5.97 Å². The van der Waals surface area contributed by atoms with E-state index in [0.29, 0.717) is 41.0 Å². The highest BCUT2D eigenvalue weighted by Crippen LogP contribution is 2.47. The number of methoxy groups -OCH3 is 2. The lowest BCUT2D eigenvalue weighted by molar-refractivity contribution is -0.138. The lowest BCUT2D eigenvalue weighted by Crippen LogP contribution is -2.47. The van der Waals surface area contributed by atoms with Crippen LogP contribution in [0, 0.1) is 0 Å². The number of benzene rings is 1. The number of amides is 1. The average Bonchev–Trinajstić information content (AvgIpc) is 3.28. The average molecular weight is 513 g/mol. The summed E-state index contributed by atoms with van der Waals surface area (Å²) in [5.74, 6) is 0.760. The summed E-state index contributed by atoms with van der Waals surface area (Å²) >= 11 is 1.45. The van der Waals surface area contributed by atoms with Crippen molar-refractivity contribution in [2.24, 2.45) is 4.99 Å². The van der Waals surface area contributed by atoms with Crippen molar-refractivity contribution in [1.29, 1.82) is 0 Å². The van der Waals surface area contributed by atoms with E-state index in [2.05, 4.69) is 18.5 Å². The number of piperazine rings is 1. The molecule has 3 aliphatic heterocycles. The highest BCUT2D eigenvalue weighted by atomic mass is 32.2. The number of allylic oxidation sites excluding steroid dienone is 1. The number of amidine groups is 1. The number of esters is 1. The summed E-state index contributed by atoms with van der Waals surface area (Å²) in [6, 6.07) is 4.90. The number of rotatable bonds is 8. The molecule has 192 valence electrons. The van der Waals surface area contributed by atoms with Gasteiger partial charge in [-0.3, -0.25) is 4.79 Å². The molecule has 10 heteroatoms. The van der Waals surface area contributed by atoms with E-state index in [1.54, 1.807) is 27.2 Å². The van der Waals surface area contributed by atoms with Crippen LogP contribution in [-0.4, -0.2) is 85.8 Å². The van der Waals surface area contributed by atoms with Gasteiger partial charge in [0.05, 0.1) is 38.0 Å². The quantitative estimate of drug-likeness (QED) is 0.388. The first-order valence-electron chi connectivity index (χ1n) is 11.8. The molecule has 9 nitrogen and oxygen atoms in total. The Morgan fingerprint density at radius 2 is 1.94 bits per heavy atom. The normalized spacial score (nSPS) is 19.9. The number of fused-ring (bicyclic) bond motifs is 1. The lowest BCUT2D eigenvalue weighted by Gasteiger charge is -2.37. The van der Waals surface area contributed by atoms with Crippen LogP contribution in [0.3, 0.4) is 0 Å². The van der Waals surface area contributed by atoms with Gasteiger partial charge in [-0.15, -0.1) is 0 Å². The molecule has 1 unspecified atom stereocenters. The number of thioether (sulfide) groups is 1. The molecule has 1 atom stereocenters. The molecule has 0 bridgehead atoms. The second-order valence-corrected chi connectivity index (χ2v) is 9.59. The van der Waals surface area contributed by atoms with Crippen LogP contribution in [0.2, 0.25) is 0 Å². The maximum absolute atomic E-state index is 13.3. The van der Waals surface area contributed by atoms with Crippen molar-refractivity contribution in [3.63, 3.8) is 0 Å². The van der Waals surface area contributed by atoms with E-state index in [1.807, 2.05) is 27.3 Å². The third-order valence-corrected chi connectivity index (χ3v) is 7.37. The number of likely N-dealkylation sites (N-methyl/N-ethyl adjacent to an activating group) is 1. The predicted molar refractivity (Wildman–Crippen MR) is 140 cm³/mol. The zero-order chi connectivity index (χ0) is 25.8. The monoisotopic (exact) mass is 512 g/mol. The van der Waals surface area contributed by atoms with Crippen LogP contribution in [0.1, 0.15) is 24.9 Å². The summed E-state index contributed by atoms with van der Waals surface area (Å²) in [6.45, 7) is 8.62. The summed E-state index contributed by atoms with van der Waals surface area (Å²) in [7, 11) is 5.22. The van der Waals surface area contributed by atoms with Crippen molar-refractivity contribution >= 4 is 28.8 Å². The molecule has 3 heterocycles. The Morgan fingerprint density at radius 3 is 2.61 bits per heavy atom. The molecule has 36 heavy (non-hydrogen) atoms. The fraction of sp³-hybridized carbons (Fsp3) is 0.423. The van der Waals surface area contributed by atoms with Gasteiger partial charge < -0.3 is 28.9 Å². The maximum Gasteiger partial charge on any atom is 0.338 e. The summed E-state index contributed by atoms with van der Waals surface area (Å²) < 4.78 is 16.6. The molecular weight excluding hydrogens is 480 g/mol. The molecule has 0 saturated carbocycles. The molecule has 0 aromatic heterocycles. The first-order chi connectivity index (χ1) is 17.4. The first kappa shape index (κ1) is 25.8. The van der Waals surface area contributed by atoms with E-state index in [-0.39, 0.29) is 18.9 Å². The second kappa shape index (κ2) is 11.2. The number of nitrogens with zero attached hydrogens (tertiary/aromatic N) is 4. The second-order valence-electron chi connectivity index (χ2n) is 8.75. The number of hydrogen-bond donors (Lipinski definition) is 0. The highest BCUT2D eigenvalue weighted by Gasteiger charge is 2.42. The standard InChI is InChI=1S/C26H32N4O5S/c1-6-13-35-25(32)23-17(2)27-26-30(24(23)20-8-7-19(33-4)15-21(20)34-5)18(16-36-26)14-22(31)29-11-9-28(3)10-12-29/h6-8,15-16,24H,1,9-14H2,2-5H3. The number of carbonyl (C=O) groups is 2. The molecule has 0 N–H and O–H groups in total. The van der Waals surface area contributed by atoms with Crippen molar-refractivity contribution in [2.45, 2.75) is 19.4 Å². The zero-order valence-corrected chi connectivity index (χ0v) is 22.0. The zero-order valence-electron chi connectivity index (χ0n) is 21.2. The SMILES string of the molecule is C=CCOC(=O)C1=C(C)N=C2SC=C(CC(=O)N3CCN(C)CC3)N2C1c1ccc(OC)cc1OC. The van der Waals surface area contributed by atoms with Crippen LogP contribution < -0.4 is 9.47 Å². The van der Waals surface area contributed by atoms with Crippen LogP contribution in [0.4, 0.5) is 0 Å². The molecule has 3 aliphatic rings. The summed E-state index contributed by atoms with van der Waals surface area (Å²) in [6.07, 6.45) is 1.73. The van der Waals surface area contributed by atoms with Crippen molar-refractivity contribution in [1.82, 2.24) is 14.7 Å². The summed E-state index contributed by atoms with van der Waals surface area (Å²) in [4.78, 5) is 37.3. The van der Waals surface area contributed by atoms with Gasteiger partial charge in [0.2, 0.25) is 5.91 Å². The lowest BCUT2D eigenvalue weighted by atomic mass is 9.93. The van der Waals surface area contributed by atoms with Gasteiger partial charge in [-0.2, -0.15) is 0 Å². The van der Waals surface area contributed by atoms with E-state index in [0.717, 1.165) is 24.4 Å². The van der Waals surface area contributed by atoms with Crippen LogP contribution in [-0.2, 0) is 14.3 Å². The van der Waals surface area contributed by atoms with Crippen molar-refractivity contribution in [3.8, 4) is 11.5 Å². The molecule has 0 radical (unpaired) electrons. The molecule has 0 aliphatic carbocycles. The Morgan fingerprint density at radius 1 is 1.19 bits per heavy atom. The smallest absolute Gasteiger partial charge is 0.338 e. The predicted octanol–water partition coefficient (Wildman–Crippen LogP) is 3.17. The Hall–Kier alpha value is -3.24. The minimum absolute atomic E-state index is 0.0544. The molecule has 4 rings (SSSR count). The largest absolute Gasteiger partial charge is 0.497 e. The van der Waals surface area contributed by atoms with E-state index in [9.17, 15) is 9.59 Å². The summed E-state index contributed by atoms with van der Waals surface area (Å²) in [5.41, 5.74) is 2.48. The molecule has 1 amide bonds. The van der Waals surface area contributed by atoms with E-state index < -0.39 is 12.0 Å². The van der Waals surface area contributed by atoms with Crippen molar-refractivity contribution < 1.29 is 23.8 Å².